The minimum Gasteiger partial charge on any atom is -0.466 e. The Labute approximate surface area is 97.2 Å². The maximum Gasteiger partial charge on any atom is 0.305 e. The second-order valence-corrected chi connectivity index (χ2v) is 4.91. The van der Waals surface area contributed by atoms with E-state index >= 15 is 0 Å². The Kier molecular flexibility index (Phi) is 5.22. The van der Waals surface area contributed by atoms with Gasteiger partial charge < -0.3 is 14.2 Å². The van der Waals surface area contributed by atoms with E-state index in [0.29, 0.717) is 13.0 Å². The zero-order valence-corrected chi connectivity index (χ0v) is 10.5. The van der Waals surface area contributed by atoms with E-state index in [9.17, 15) is 4.79 Å². The lowest BCUT2D eigenvalue weighted by molar-refractivity contribution is -0.224. The summed E-state index contributed by atoms with van der Waals surface area (Å²) in [6, 6.07) is 0. The molecule has 0 bridgehead atoms. The summed E-state index contributed by atoms with van der Waals surface area (Å²) in [4.78, 5) is 11.1. The molecule has 1 rings (SSSR count). The van der Waals surface area contributed by atoms with Crippen molar-refractivity contribution in [1.82, 2.24) is 0 Å². The standard InChI is InChI=1S/C12H22O4/c1-4-14-10(13)6-5-7-11-15-8-12(2,3)9-16-11/h11H,4-9H2,1-3H3. The Morgan fingerprint density at radius 2 is 2.00 bits per heavy atom. The lowest BCUT2D eigenvalue weighted by Crippen LogP contribution is -2.37. The van der Waals surface area contributed by atoms with Crippen molar-refractivity contribution in [1.29, 1.82) is 0 Å². The topological polar surface area (TPSA) is 44.8 Å². The van der Waals surface area contributed by atoms with Crippen molar-refractivity contribution in [2.45, 2.75) is 46.3 Å². The van der Waals surface area contributed by atoms with Crippen molar-refractivity contribution >= 4 is 5.97 Å². The second kappa shape index (κ2) is 6.21. The lowest BCUT2D eigenvalue weighted by atomic mass is 9.95. The van der Waals surface area contributed by atoms with Gasteiger partial charge in [-0.15, -0.1) is 0 Å². The minimum atomic E-state index is -0.151. The van der Waals surface area contributed by atoms with Crippen LogP contribution in [-0.4, -0.2) is 32.1 Å². The number of carbonyl (C=O) groups is 1. The molecule has 94 valence electrons. The first-order chi connectivity index (χ1) is 7.53. The smallest absolute Gasteiger partial charge is 0.305 e. The molecule has 1 fully saturated rings. The molecule has 0 N–H and O–H groups in total. The number of hydrogen-bond acceptors (Lipinski definition) is 4. The first-order valence-electron chi connectivity index (χ1n) is 5.92. The highest BCUT2D eigenvalue weighted by Gasteiger charge is 2.27. The van der Waals surface area contributed by atoms with Gasteiger partial charge in [-0.1, -0.05) is 13.8 Å². The maximum atomic E-state index is 11.1. The van der Waals surface area contributed by atoms with Gasteiger partial charge >= 0.3 is 5.97 Å². The minimum absolute atomic E-state index is 0.109. The zero-order valence-electron chi connectivity index (χ0n) is 10.5. The summed E-state index contributed by atoms with van der Waals surface area (Å²) in [6.45, 7) is 7.93. The van der Waals surface area contributed by atoms with Crippen LogP contribution in [0.2, 0.25) is 0 Å². The predicted molar refractivity (Wildman–Crippen MR) is 60.0 cm³/mol. The van der Waals surface area contributed by atoms with E-state index in [1.165, 1.54) is 0 Å². The van der Waals surface area contributed by atoms with Gasteiger partial charge in [-0.2, -0.15) is 0 Å². The van der Waals surface area contributed by atoms with Gasteiger partial charge in [0.05, 0.1) is 19.8 Å². The SMILES string of the molecule is CCOC(=O)CCCC1OCC(C)(C)CO1. The average molecular weight is 230 g/mol. The third-order valence-electron chi connectivity index (χ3n) is 2.45. The fourth-order valence-corrected chi connectivity index (χ4v) is 1.54. The Morgan fingerprint density at radius 1 is 1.38 bits per heavy atom. The van der Waals surface area contributed by atoms with Crippen LogP contribution < -0.4 is 0 Å². The van der Waals surface area contributed by atoms with E-state index in [1.54, 1.807) is 0 Å². The van der Waals surface area contributed by atoms with Gasteiger partial charge in [-0.3, -0.25) is 4.79 Å². The number of hydrogen-bond donors (Lipinski definition) is 0. The van der Waals surface area contributed by atoms with Crippen LogP contribution in [0.5, 0.6) is 0 Å². The number of rotatable bonds is 5. The van der Waals surface area contributed by atoms with Crippen molar-refractivity contribution in [3.05, 3.63) is 0 Å². The molecule has 1 aliphatic rings. The molecule has 1 saturated heterocycles. The maximum absolute atomic E-state index is 11.1. The molecule has 0 aromatic carbocycles. The summed E-state index contributed by atoms with van der Waals surface area (Å²) in [5.41, 5.74) is 0.109. The monoisotopic (exact) mass is 230 g/mol. The summed E-state index contributed by atoms with van der Waals surface area (Å²) < 4.78 is 16.0. The molecule has 0 atom stereocenters. The lowest BCUT2D eigenvalue weighted by Gasteiger charge is -2.34. The van der Waals surface area contributed by atoms with Crippen molar-refractivity contribution in [2.75, 3.05) is 19.8 Å². The van der Waals surface area contributed by atoms with Gasteiger partial charge in [0.1, 0.15) is 0 Å². The largest absolute Gasteiger partial charge is 0.466 e. The highest BCUT2D eigenvalue weighted by molar-refractivity contribution is 5.69. The van der Waals surface area contributed by atoms with E-state index in [0.717, 1.165) is 26.1 Å². The van der Waals surface area contributed by atoms with Crippen molar-refractivity contribution in [2.24, 2.45) is 5.41 Å². The molecule has 1 aliphatic heterocycles. The Morgan fingerprint density at radius 3 is 2.56 bits per heavy atom. The van der Waals surface area contributed by atoms with Crippen LogP contribution in [0.3, 0.4) is 0 Å². The molecule has 0 spiro atoms. The van der Waals surface area contributed by atoms with E-state index in [1.807, 2.05) is 6.92 Å². The quantitative estimate of drug-likeness (QED) is 0.679. The molecule has 0 amide bonds. The second-order valence-electron chi connectivity index (χ2n) is 4.91. The van der Waals surface area contributed by atoms with E-state index in [-0.39, 0.29) is 17.7 Å². The highest BCUT2D eigenvalue weighted by Crippen LogP contribution is 2.24. The van der Waals surface area contributed by atoms with Crippen molar-refractivity contribution in [3.63, 3.8) is 0 Å². The first kappa shape index (κ1) is 13.5. The third kappa shape index (κ3) is 4.94. The van der Waals surface area contributed by atoms with Gasteiger partial charge in [0.25, 0.3) is 0 Å². The van der Waals surface area contributed by atoms with E-state index in [2.05, 4.69) is 13.8 Å². The van der Waals surface area contributed by atoms with Crippen LogP contribution in [0.25, 0.3) is 0 Å². The molecule has 16 heavy (non-hydrogen) atoms. The first-order valence-corrected chi connectivity index (χ1v) is 5.92. The Hall–Kier alpha value is -0.610. The van der Waals surface area contributed by atoms with Crippen LogP contribution in [0.1, 0.15) is 40.0 Å². The summed E-state index contributed by atoms with van der Waals surface area (Å²) >= 11 is 0. The highest BCUT2D eigenvalue weighted by atomic mass is 16.7. The Bertz CT molecular complexity index is 215. The van der Waals surface area contributed by atoms with E-state index in [4.69, 9.17) is 14.2 Å². The summed E-state index contributed by atoms with van der Waals surface area (Å²) in [7, 11) is 0. The molecule has 1 heterocycles. The van der Waals surface area contributed by atoms with Crippen LogP contribution in [-0.2, 0) is 19.0 Å². The van der Waals surface area contributed by atoms with Crippen molar-refractivity contribution in [3.8, 4) is 0 Å². The molecule has 0 aliphatic carbocycles. The van der Waals surface area contributed by atoms with Crippen LogP contribution >= 0.6 is 0 Å². The molecular weight excluding hydrogens is 208 g/mol. The average Bonchev–Trinajstić information content (AvgIpc) is 2.21. The van der Waals surface area contributed by atoms with Gasteiger partial charge in [-0.25, -0.2) is 0 Å². The number of ether oxygens (including phenoxy) is 3. The molecule has 0 aromatic heterocycles. The molecule has 0 aromatic rings. The van der Waals surface area contributed by atoms with Crippen LogP contribution in [0, 0.1) is 5.41 Å². The molecule has 0 saturated carbocycles. The number of carbonyl (C=O) groups excluding carboxylic acids is 1. The summed E-state index contributed by atoms with van der Waals surface area (Å²) in [5, 5.41) is 0. The van der Waals surface area contributed by atoms with Crippen LogP contribution in [0.15, 0.2) is 0 Å². The molecule has 0 unspecified atom stereocenters. The molecule has 4 heteroatoms. The number of esters is 1. The normalized spacial score (nSPS) is 20.7. The van der Waals surface area contributed by atoms with E-state index < -0.39 is 0 Å². The van der Waals surface area contributed by atoms with Gasteiger partial charge in [-0.05, 0) is 19.8 Å². The molecule has 4 nitrogen and oxygen atoms in total. The summed E-state index contributed by atoms with van der Waals surface area (Å²) in [5.74, 6) is -0.140. The fraction of sp³-hybridized carbons (Fsp3) is 0.917. The molecule has 0 radical (unpaired) electrons. The fourth-order valence-electron chi connectivity index (χ4n) is 1.54. The van der Waals surface area contributed by atoms with Gasteiger partial charge in [0.2, 0.25) is 0 Å². The Balaban J connectivity index is 2.09. The third-order valence-corrected chi connectivity index (χ3v) is 2.45. The predicted octanol–water partition coefficient (Wildman–Crippen LogP) is 2.12. The van der Waals surface area contributed by atoms with Gasteiger partial charge in [0, 0.05) is 11.8 Å². The molecular formula is C12H22O4. The van der Waals surface area contributed by atoms with Crippen LogP contribution in [0.4, 0.5) is 0 Å². The zero-order chi connectivity index (χ0) is 12.0. The van der Waals surface area contributed by atoms with Crippen molar-refractivity contribution < 1.29 is 19.0 Å². The van der Waals surface area contributed by atoms with Gasteiger partial charge in [0.15, 0.2) is 6.29 Å². The summed E-state index contributed by atoms with van der Waals surface area (Å²) in [6.07, 6.45) is 1.81.